The first kappa shape index (κ1) is 19.3. The molecular weight excluding hydrogens is 386 g/mol. The van der Waals surface area contributed by atoms with E-state index in [1.165, 1.54) is 11.8 Å². The molecule has 1 unspecified atom stereocenters. The third kappa shape index (κ3) is 5.02. The number of carbonyl (C=O) groups excluding carboxylic acids is 1. The maximum Gasteiger partial charge on any atom is 0.277 e. The van der Waals surface area contributed by atoms with Crippen LogP contribution in [-0.2, 0) is 4.79 Å². The monoisotopic (exact) mass is 403 g/mol. The quantitative estimate of drug-likeness (QED) is 0.590. The van der Waals surface area contributed by atoms with Crippen LogP contribution in [0.1, 0.15) is 18.5 Å². The number of amides is 1. The van der Waals surface area contributed by atoms with E-state index in [4.69, 9.17) is 20.8 Å². The molecule has 3 rings (SSSR count). The SMILES string of the molecule is COc1ccccc1-c1nnc(SCC(=O)NC(C)c2ccc(Cl)cc2)o1. The van der Waals surface area contributed by atoms with Crippen LogP contribution in [0.3, 0.4) is 0 Å². The van der Waals surface area contributed by atoms with Crippen LogP contribution in [0.2, 0.25) is 5.02 Å². The van der Waals surface area contributed by atoms with Crippen molar-refractivity contribution >= 4 is 29.3 Å². The van der Waals surface area contributed by atoms with Crippen molar-refractivity contribution < 1.29 is 13.9 Å². The molecule has 8 heteroatoms. The molecule has 6 nitrogen and oxygen atoms in total. The fourth-order valence-electron chi connectivity index (χ4n) is 2.44. The van der Waals surface area contributed by atoms with Crippen LogP contribution in [0.25, 0.3) is 11.5 Å². The highest BCUT2D eigenvalue weighted by molar-refractivity contribution is 7.99. The molecule has 2 aromatic carbocycles. The number of carbonyl (C=O) groups is 1. The standard InChI is InChI=1S/C19H18ClN3O3S/c1-12(13-7-9-14(20)10-8-13)21-17(24)11-27-19-23-22-18(26-19)15-5-3-4-6-16(15)25-2/h3-10,12H,11H2,1-2H3,(H,21,24). The van der Waals surface area contributed by atoms with Gasteiger partial charge < -0.3 is 14.5 Å². The third-order valence-corrected chi connectivity index (χ3v) is 4.89. The van der Waals surface area contributed by atoms with Gasteiger partial charge in [0.1, 0.15) is 5.75 Å². The number of hydrogen-bond acceptors (Lipinski definition) is 6. The van der Waals surface area contributed by atoms with Gasteiger partial charge in [-0.1, -0.05) is 47.6 Å². The van der Waals surface area contributed by atoms with E-state index in [9.17, 15) is 4.79 Å². The Hall–Kier alpha value is -2.51. The molecule has 0 bridgehead atoms. The summed E-state index contributed by atoms with van der Waals surface area (Å²) in [5.74, 6) is 1.04. The number of halogens is 1. The van der Waals surface area contributed by atoms with Crippen LogP contribution < -0.4 is 10.1 Å². The first-order valence-electron chi connectivity index (χ1n) is 8.21. The second-order valence-corrected chi connectivity index (χ2v) is 7.07. The molecule has 1 heterocycles. The van der Waals surface area contributed by atoms with Gasteiger partial charge in [-0.25, -0.2) is 0 Å². The Bertz CT molecular complexity index is 915. The Balaban J connectivity index is 1.56. The maximum atomic E-state index is 12.2. The van der Waals surface area contributed by atoms with Gasteiger partial charge in [0.05, 0.1) is 24.5 Å². The number of methoxy groups -OCH3 is 1. The highest BCUT2D eigenvalue weighted by Gasteiger charge is 2.15. The molecule has 0 spiro atoms. The molecule has 0 fully saturated rings. The summed E-state index contributed by atoms with van der Waals surface area (Å²) in [6.45, 7) is 1.91. The normalized spacial score (nSPS) is 11.8. The van der Waals surface area contributed by atoms with Gasteiger partial charge in [-0.05, 0) is 36.8 Å². The summed E-state index contributed by atoms with van der Waals surface area (Å²) in [5, 5.41) is 11.9. The Morgan fingerprint density at radius 3 is 2.70 bits per heavy atom. The number of aromatic nitrogens is 2. The summed E-state index contributed by atoms with van der Waals surface area (Å²) in [6, 6.07) is 14.6. The zero-order valence-corrected chi connectivity index (χ0v) is 16.4. The molecule has 140 valence electrons. The average molecular weight is 404 g/mol. The lowest BCUT2D eigenvalue weighted by Gasteiger charge is -2.13. The van der Waals surface area contributed by atoms with Crippen molar-refractivity contribution in [2.75, 3.05) is 12.9 Å². The van der Waals surface area contributed by atoms with Gasteiger partial charge in [-0.2, -0.15) is 0 Å². The van der Waals surface area contributed by atoms with Crippen molar-refractivity contribution in [2.24, 2.45) is 0 Å². The van der Waals surface area contributed by atoms with Gasteiger partial charge in [-0.15, -0.1) is 10.2 Å². The molecular formula is C19H18ClN3O3S. The molecule has 0 radical (unpaired) electrons. The summed E-state index contributed by atoms with van der Waals surface area (Å²) in [4.78, 5) is 12.2. The smallest absolute Gasteiger partial charge is 0.277 e. The number of benzene rings is 2. The second-order valence-electron chi connectivity index (χ2n) is 5.70. The summed E-state index contributed by atoms with van der Waals surface area (Å²) in [5.41, 5.74) is 1.69. The van der Waals surface area contributed by atoms with E-state index in [2.05, 4.69) is 15.5 Å². The fourth-order valence-corrected chi connectivity index (χ4v) is 3.14. The lowest BCUT2D eigenvalue weighted by atomic mass is 10.1. The molecule has 3 aromatic rings. The third-order valence-electron chi connectivity index (χ3n) is 3.82. The van der Waals surface area contributed by atoms with Crippen molar-refractivity contribution in [3.8, 4) is 17.2 Å². The first-order chi connectivity index (χ1) is 13.1. The highest BCUT2D eigenvalue weighted by Crippen LogP contribution is 2.30. The van der Waals surface area contributed by atoms with E-state index < -0.39 is 0 Å². The fraction of sp³-hybridized carbons (Fsp3) is 0.211. The van der Waals surface area contributed by atoms with Crippen LogP contribution in [0.4, 0.5) is 0 Å². The molecule has 0 aliphatic rings. The maximum absolute atomic E-state index is 12.2. The average Bonchev–Trinajstić information content (AvgIpc) is 3.15. The molecule has 1 amide bonds. The van der Waals surface area contributed by atoms with Crippen LogP contribution in [0, 0.1) is 0 Å². The van der Waals surface area contributed by atoms with E-state index >= 15 is 0 Å². The number of thioether (sulfide) groups is 1. The number of para-hydroxylation sites is 1. The van der Waals surface area contributed by atoms with Gasteiger partial charge in [0.25, 0.3) is 11.1 Å². The van der Waals surface area contributed by atoms with E-state index in [1.807, 2.05) is 43.3 Å². The van der Waals surface area contributed by atoms with Crippen LogP contribution in [-0.4, -0.2) is 29.0 Å². The Labute approximate surface area is 166 Å². The highest BCUT2D eigenvalue weighted by atomic mass is 35.5. The van der Waals surface area contributed by atoms with E-state index in [1.54, 1.807) is 19.2 Å². The van der Waals surface area contributed by atoms with Crippen LogP contribution in [0.15, 0.2) is 58.2 Å². The molecule has 1 atom stereocenters. The van der Waals surface area contributed by atoms with Crippen molar-refractivity contribution in [1.82, 2.24) is 15.5 Å². The zero-order valence-electron chi connectivity index (χ0n) is 14.8. The number of hydrogen-bond donors (Lipinski definition) is 1. The van der Waals surface area contributed by atoms with Crippen molar-refractivity contribution in [1.29, 1.82) is 0 Å². The first-order valence-corrected chi connectivity index (χ1v) is 9.57. The molecule has 27 heavy (non-hydrogen) atoms. The number of rotatable bonds is 7. The zero-order chi connectivity index (χ0) is 19.2. The van der Waals surface area contributed by atoms with Crippen LogP contribution >= 0.6 is 23.4 Å². The van der Waals surface area contributed by atoms with E-state index in [0.717, 1.165) is 5.56 Å². The largest absolute Gasteiger partial charge is 0.496 e. The molecule has 1 aromatic heterocycles. The summed E-state index contributed by atoms with van der Waals surface area (Å²) in [6.07, 6.45) is 0. The van der Waals surface area contributed by atoms with Gasteiger partial charge in [0.15, 0.2) is 0 Å². The van der Waals surface area contributed by atoms with E-state index in [0.29, 0.717) is 27.4 Å². The van der Waals surface area contributed by atoms with Gasteiger partial charge >= 0.3 is 0 Å². The summed E-state index contributed by atoms with van der Waals surface area (Å²) in [7, 11) is 1.58. The van der Waals surface area contributed by atoms with Gasteiger partial charge in [-0.3, -0.25) is 4.79 Å². The van der Waals surface area contributed by atoms with Crippen LogP contribution in [0.5, 0.6) is 5.75 Å². The predicted molar refractivity (Wildman–Crippen MR) is 105 cm³/mol. The van der Waals surface area contributed by atoms with Crippen molar-refractivity contribution in [2.45, 2.75) is 18.2 Å². The molecule has 0 saturated heterocycles. The minimum Gasteiger partial charge on any atom is -0.496 e. The number of ether oxygens (including phenoxy) is 1. The summed E-state index contributed by atoms with van der Waals surface area (Å²) >= 11 is 7.07. The minimum atomic E-state index is -0.125. The molecule has 0 saturated carbocycles. The minimum absolute atomic E-state index is 0.123. The topological polar surface area (TPSA) is 77.2 Å². The van der Waals surface area contributed by atoms with Crippen molar-refractivity contribution in [3.05, 3.63) is 59.1 Å². The van der Waals surface area contributed by atoms with Gasteiger partial charge in [0.2, 0.25) is 5.91 Å². The molecule has 1 N–H and O–H groups in total. The number of nitrogens with one attached hydrogen (secondary N) is 1. The predicted octanol–water partition coefficient (Wildman–Crippen LogP) is 4.37. The lowest BCUT2D eigenvalue weighted by Crippen LogP contribution is -2.28. The lowest BCUT2D eigenvalue weighted by molar-refractivity contribution is -0.119. The molecule has 0 aliphatic carbocycles. The Morgan fingerprint density at radius 1 is 1.22 bits per heavy atom. The second kappa shape index (κ2) is 8.92. The molecule has 0 aliphatic heterocycles. The Morgan fingerprint density at radius 2 is 1.96 bits per heavy atom. The van der Waals surface area contributed by atoms with Gasteiger partial charge in [0, 0.05) is 5.02 Å². The van der Waals surface area contributed by atoms with E-state index in [-0.39, 0.29) is 17.7 Å². The number of nitrogens with zero attached hydrogens (tertiary/aromatic N) is 2. The Kier molecular flexibility index (Phi) is 6.36. The van der Waals surface area contributed by atoms with Crippen molar-refractivity contribution in [3.63, 3.8) is 0 Å². The summed E-state index contributed by atoms with van der Waals surface area (Å²) < 4.78 is 10.9.